The van der Waals surface area contributed by atoms with E-state index in [1.165, 1.54) is 0 Å². The maximum Gasteiger partial charge on any atom is 0.242 e. The summed E-state index contributed by atoms with van der Waals surface area (Å²) in [5.74, 6) is -0.505. The molecular formula is C11H16BrFN2O2S. The van der Waals surface area contributed by atoms with E-state index in [1.807, 2.05) is 13.8 Å². The van der Waals surface area contributed by atoms with Crippen molar-refractivity contribution >= 4 is 31.6 Å². The van der Waals surface area contributed by atoms with Crippen molar-refractivity contribution < 1.29 is 12.8 Å². The third kappa shape index (κ3) is 3.43. The molecular weight excluding hydrogens is 323 g/mol. The van der Waals surface area contributed by atoms with Gasteiger partial charge in [0.15, 0.2) is 0 Å². The van der Waals surface area contributed by atoms with Gasteiger partial charge in [-0.25, -0.2) is 17.5 Å². The Morgan fingerprint density at radius 1 is 1.33 bits per heavy atom. The molecule has 0 aromatic heterocycles. The van der Waals surface area contributed by atoms with Crippen LogP contribution in [0.2, 0.25) is 0 Å². The van der Waals surface area contributed by atoms with Crippen molar-refractivity contribution in [2.24, 2.45) is 5.92 Å². The van der Waals surface area contributed by atoms with Gasteiger partial charge in [0, 0.05) is 10.5 Å². The smallest absolute Gasteiger partial charge is 0.242 e. The highest BCUT2D eigenvalue weighted by Crippen LogP contribution is 2.27. The molecule has 0 aliphatic heterocycles. The maximum absolute atomic E-state index is 13.2. The molecule has 1 aromatic carbocycles. The number of sulfonamides is 1. The number of anilines is 1. The lowest BCUT2D eigenvalue weighted by molar-refractivity contribution is 0.476. The lowest BCUT2D eigenvalue weighted by atomic mass is 10.1. The summed E-state index contributed by atoms with van der Waals surface area (Å²) in [5, 5.41) is 0. The molecule has 0 saturated carbocycles. The lowest BCUT2D eigenvalue weighted by Crippen LogP contribution is -2.36. The van der Waals surface area contributed by atoms with E-state index in [0.717, 1.165) is 12.1 Å². The summed E-state index contributed by atoms with van der Waals surface area (Å²) < 4.78 is 40.1. The molecule has 0 amide bonds. The fourth-order valence-electron chi connectivity index (χ4n) is 1.20. The summed E-state index contributed by atoms with van der Waals surface area (Å²) in [6, 6.07) is 1.92. The van der Waals surface area contributed by atoms with Crippen molar-refractivity contribution in [1.82, 2.24) is 4.72 Å². The van der Waals surface area contributed by atoms with E-state index in [4.69, 9.17) is 5.73 Å². The summed E-state index contributed by atoms with van der Waals surface area (Å²) in [7, 11) is -3.72. The molecule has 4 nitrogen and oxygen atoms in total. The molecule has 0 aliphatic rings. The molecule has 102 valence electrons. The molecule has 0 bridgehead atoms. The molecule has 1 aromatic rings. The Morgan fingerprint density at radius 2 is 1.89 bits per heavy atom. The van der Waals surface area contributed by atoms with Gasteiger partial charge in [0.2, 0.25) is 10.0 Å². The molecule has 1 atom stereocenters. The van der Waals surface area contributed by atoms with Crippen LogP contribution in [0, 0.1) is 11.7 Å². The van der Waals surface area contributed by atoms with Gasteiger partial charge in [-0.15, -0.1) is 0 Å². The van der Waals surface area contributed by atoms with Crippen LogP contribution in [0.3, 0.4) is 0 Å². The molecule has 18 heavy (non-hydrogen) atoms. The first-order chi connectivity index (χ1) is 8.15. The van der Waals surface area contributed by atoms with E-state index >= 15 is 0 Å². The average Bonchev–Trinajstić information content (AvgIpc) is 2.22. The van der Waals surface area contributed by atoms with Crippen molar-refractivity contribution in [3.05, 3.63) is 22.4 Å². The minimum absolute atomic E-state index is 0.0612. The number of halogens is 2. The number of hydrogen-bond acceptors (Lipinski definition) is 3. The first kappa shape index (κ1) is 15.4. The Kier molecular flexibility index (Phi) is 4.74. The zero-order chi connectivity index (χ0) is 14.1. The topological polar surface area (TPSA) is 72.2 Å². The zero-order valence-corrected chi connectivity index (χ0v) is 12.8. The minimum Gasteiger partial charge on any atom is -0.396 e. The first-order valence-corrected chi connectivity index (χ1v) is 7.69. The Hall–Kier alpha value is -0.660. The van der Waals surface area contributed by atoms with Crippen LogP contribution in [0.25, 0.3) is 0 Å². The fourth-order valence-corrected chi connectivity index (χ4v) is 3.64. The summed E-state index contributed by atoms with van der Waals surface area (Å²) in [5.41, 5.74) is 5.19. The molecule has 0 aliphatic carbocycles. The highest BCUT2D eigenvalue weighted by atomic mass is 79.9. The Morgan fingerprint density at radius 3 is 2.39 bits per heavy atom. The normalized spacial score (nSPS) is 13.9. The number of nitrogens with one attached hydrogen (secondary N) is 1. The van der Waals surface area contributed by atoms with Crippen molar-refractivity contribution in [2.45, 2.75) is 31.7 Å². The molecule has 3 N–H and O–H groups in total. The van der Waals surface area contributed by atoms with E-state index in [9.17, 15) is 12.8 Å². The number of nitrogen functional groups attached to an aromatic ring is 1. The largest absolute Gasteiger partial charge is 0.396 e. The monoisotopic (exact) mass is 338 g/mol. The standard InChI is InChI=1S/C11H16BrFN2O2S/c1-6(2)7(3)15-18(16,17)11-5-10(14)9(13)4-8(11)12/h4-7,15H,14H2,1-3H3. The van der Waals surface area contributed by atoms with Crippen LogP contribution < -0.4 is 10.5 Å². The SMILES string of the molecule is CC(C)C(C)NS(=O)(=O)c1cc(N)c(F)cc1Br. The number of nitrogens with two attached hydrogens (primary N) is 1. The summed E-state index contributed by atoms with van der Waals surface area (Å²) in [6.07, 6.45) is 0. The highest BCUT2D eigenvalue weighted by Gasteiger charge is 2.22. The molecule has 0 heterocycles. The highest BCUT2D eigenvalue weighted by molar-refractivity contribution is 9.10. The summed E-state index contributed by atoms with van der Waals surface area (Å²) in [6.45, 7) is 5.57. The van der Waals surface area contributed by atoms with Gasteiger partial charge in [-0.1, -0.05) is 13.8 Å². The Balaban J connectivity index is 3.17. The van der Waals surface area contributed by atoms with E-state index in [1.54, 1.807) is 6.92 Å². The van der Waals surface area contributed by atoms with E-state index in [-0.39, 0.29) is 27.0 Å². The third-order valence-corrected chi connectivity index (χ3v) is 5.20. The zero-order valence-electron chi connectivity index (χ0n) is 10.4. The Labute approximate surface area is 115 Å². The molecule has 0 spiro atoms. The summed E-state index contributed by atoms with van der Waals surface area (Å²) >= 11 is 3.03. The predicted octanol–water partition coefficient (Wildman–Crippen LogP) is 2.49. The van der Waals surface area contributed by atoms with Crippen LogP contribution in [0.4, 0.5) is 10.1 Å². The van der Waals surface area contributed by atoms with Crippen molar-refractivity contribution in [2.75, 3.05) is 5.73 Å². The quantitative estimate of drug-likeness (QED) is 0.828. The van der Waals surface area contributed by atoms with Gasteiger partial charge in [0.05, 0.1) is 10.6 Å². The van der Waals surface area contributed by atoms with Gasteiger partial charge in [-0.2, -0.15) is 0 Å². The molecule has 0 saturated heterocycles. The van der Waals surface area contributed by atoms with Crippen LogP contribution in [-0.4, -0.2) is 14.5 Å². The number of benzene rings is 1. The van der Waals surface area contributed by atoms with Crippen molar-refractivity contribution in [3.8, 4) is 0 Å². The molecule has 1 rings (SSSR count). The summed E-state index contributed by atoms with van der Waals surface area (Å²) in [4.78, 5) is -0.0612. The molecule has 1 unspecified atom stereocenters. The molecule has 0 fully saturated rings. The second kappa shape index (κ2) is 5.54. The van der Waals surface area contributed by atoms with Crippen LogP contribution >= 0.6 is 15.9 Å². The first-order valence-electron chi connectivity index (χ1n) is 5.42. The third-order valence-electron chi connectivity index (χ3n) is 2.68. The van der Waals surface area contributed by atoms with Gasteiger partial charge >= 0.3 is 0 Å². The van der Waals surface area contributed by atoms with Crippen molar-refractivity contribution in [1.29, 1.82) is 0 Å². The minimum atomic E-state index is -3.72. The van der Waals surface area contributed by atoms with Gasteiger partial charge < -0.3 is 5.73 Å². The second-order valence-electron chi connectivity index (χ2n) is 4.46. The van der Waals surface area contributed by atoms with E-state index in [2.05, 4.69) is 20.7 Å². The van der Waals surface area contributed by atoms with Crippen LogP contribution in [-0.2, 0) is 10.0 Å². The van der Waals surface area contributed by atoms with Crippen LogP contribution in [0.15, 0.2) is 21.5 Å². The van der Waals surface area contributed by atoms with E-state index in [0.29, 0.717) is 0 Å². The predicted molar refractivity (Wildman–Crippen MR) is 73.1 cm³/mol. The van der Waals surface area contributed by atoms with Gasteiger partial charge in [0.1, 0.15) is 5.82 Å². The molecule has 7 heteroatoms. The number of hydrogen-bond donors (Lipinski definition) is 2. The van der Waals surface area contributed by atoms with E-state index < -0.39 is 15.8 Å². The van der Waals surface area contributed by atoms with Crippen LogP contribution in [0.5, 0.6) is 0 Å². The maximum atomic E-state index is 13.2. The van der Waals surface area contributed by atoms with Gasteiger partial charge in [-0.05, 0) is 40.9 Å². The lowest BCUT2D eigenvalue weighted by Gasteiger charge is -2.18. The number of rotatable bonds is 4. The fraction of sp³-hybridized carbons (Fsp3) is 0.455. The van der Waals surface area contributed by atoms with Crippen molar-refractivity contribution in [3.63, 3.8) is 0 Å². The molecule has 0 radical (unpaired) electrons. The average molecular weight is 339 g/mol. The van der Waals surface area contributed by atoms with Gasteiger partial charge in [0.25, 0.3) is 0 Å². The Bertz CT molecular complexity index is 546. The van der Waals surface area contributed by atoms with Crippen LogP contribution in [0.1, 0.15) is 20.8 Å². The van der Waals surface area contributed by atoms with Gasteiger partial charge in [-0.3, -0.25) is 0 Å². The second-order valence-corrected chi connectivity index (χ2v) is 6.99.